The van der Waals surface area contributed by atoms with Gasteiger partial charge in [-0.2, -0.15) is 0 Å². The Hall–Kier alpha value is -1.00. The fourth-order valence-corrected chi connectivity index (χ4v) is 1.85. The first-order valence-corrected chi connectivity index (χ1v) is 6.87. The molecule has 0 spiro atoms. The van der Waals surface area contributed by atoms with Crippen LogP contribution in [0.25, 0.3) is 0 Å². The highest BCUT2D eigenvalue weighted by Gasteiger charge is 2.14. The molecule has 1 aromatic rings. The zero-order chi connectivity index (χ0) is 13.4. The Morgan fingerprint density at radius 1 is 1.33 bits per heavy atom. The summed E-state index contributed by atoms with van der Waals surface area (Å²) in [5.41, 5.74) is 2.20. The average molecular weight is 251 g/mol. The normalized spacial score (nSPS) is 12.7. The van der Waals surface area contributed by atoms with Crippen LogP contribution in [-0.4, -0.2) is 23.1 Å². The molecule has 0 aromatic carbocycles. The Morgan fingerprint density at radius 2 is 2.11 bits per heavy atom. The van der Waals surface area contributed by atoms with E-state index < -0.39 is 0 Å². The molecule has 1 N–H and O–H groups in total. The Bertz CT molecular complexity index is 349. The van der Waals surface area contributed by atoms with Crippen LogP contribution < -0.4 is 5.32 Å². The second-order valence-electron chi connectivity index (χ2n) is 4.35. The van der Waals surface area contributed by atoms with Gasteiger partial charge >= 0.3 is 0 Å². The number of aryl methyl sites for hydroxylation is 1. The molecule has 0 saturated carbocycles. The summed E-state index contributed by atoms with van der Waals surface area (Å²) in [7, 11) is 0. The molecular weight excluding hydrogens is 226 g/mol. The molecule has 18 heavy (non-hydrogen) atoms. The van der Waals surface area contributed by atoms with E-state index in [1.165, 1.54) is 0 Å². The summed E-state index contributed by atoms with van der Waals surface area (Å²) in [6.45, 7) is 10.8. The Kier molecular flexibility index (Phi) is 6.83. The minimum atomic E-state index is 0.0342. The highest BCUT2D eigenvalue weighted by atomic mass is 16.5. The third kappa shape index (κ3) is 4.35. The molecule has 0 aliphatic carbocycles. The molecule has 0 aliphatic rings. The smallest absolute Gasteiger partial charge is 0.157 e. The molecule has 0 bridgehead atoms. The summed E-state index contributed by atoms with van der Waals surface area (Å²) in [6.07, 6.45) is 4.00. The van der Waals surface area contributed by atoms with Crippen molar-refractivity contribution in [3.63, 3.8) is 0 Å². The summed E-state index contributed by atoms with van der Waals surface area (Å²) < 4.78 is 5.70. The Balaban J connectivity index is 2.79. The van der Waals surface area contributed by atoms with Gasteiger partial charge in [-0.3, -0.25) is 0 Å². The van der Waals surface area contributed by atoms with Gasteiger partial charge in [0.15, 0.2) is 5.82 Å². The van der Waals surface area contributed by atoms with Gasteiger partial charge in [-0.05, 0) is 26.8 Å². The number of ether oxygens (including phenoxy) is 1. The minimum absolute atomic E-state index is 0.0342. The summed E-state index contributed by atoms with van der Waals surface area (Å²) in [5.74, 6) is 0.816. The number of rotatable bonds is 8. The van der Waals surface area contributed by atoms with Crippen LogP contribution >= 0.6 is 0 Å². The number of hydrogen-bond donors (Lipinski definition) is 1. The van der Waals surface area contributed by atoms with Crippen LogP contribution in [0, 0.1) is 6.92 Å². The SMILES string of the molecule is CCCC(OCC)c1ncc(CNCC)c(C)n1. The van der Waals surface area contributed by atoms with Crippen molar-refractivity contribution in [2.24, 2.45) is 0 Å². The number of nitrogens with zero attached hydrogens (tertiary/aromatic N) is 2. The topological polar surface area (TPSA) is 47.0 Å². The summed E-state index contributed by atoms with van der Waals surface area (Å²) in [4.78, 5) is 9.04. The summed E-state index contributed by atoms with van der Waals surface area (Å²) >= 11 is 0. The molecular formula is C14H25N3O. The third-order valence-corrected chi connectivity index (χ3v) is 2.87. The summed E-state index contributed by atoms with van der Waals surface area (Å²) in [5, 5.41) is 3.29. The lowest BCUT2D eigenvalue weighted by atomic mass is 10.1. The van der Waals surface area contributed by atoms with Crippen LogP contribution in [0.3, 0.4) is 0 Å². The minimum Gasteiger partial charge on any atom is -0.371 e. The van der Waals surface area contributed by atoms with Gasteiger partial charge in [0.25, 0.3) is 0 Å². The van der Waals surface area contributed by atoms with Crippen molar-refractivity contribution >= 4 is 0 Å². The molecule has 1 unspecified atom stereocenters. The Morgan fingerprint density at radius 3 is 2.67 bits per heavy atom. The zero-order valence-corrected chi connectivity index (χ0v) is 12.0. The van der Waals surface area contributed by atoms with E-state index in [0.717, 1.165) is 43.0 Å². The first-order chi connectivity index (χ1) is 8.72. The van der Waals surface area contributed by atoms with Crippen molar-refractivity contribution in [1.82, 2.24) is 15.3 Å². The molecule has 0 amide bonds. The molecule has 1 atom stereocenters. The lowest BCUT2D eigenvalue weighted by molar-refractivity contribution is 0.0492. The van der Waals surface area contributed by atoms with Gasteiger partial charge < -0.3 is 10.1 Å². The second kappa shape index (κ2) is 8.16. The van der Waals surface area contributed by atoms with Gasteiger partial charge in [0.2, 0.25) is 0 Å². The van der Waals surface area contributed by atoms with Crippen LogP contribution in [0.4, 0.5) is 0 Å². The van der Waals surface area contributed by atoms with Crippen molar-refractivity contribution < 1.29 is 4.74 Å². The molecule has 1 heterocycles. The van der Waals surface area contributed by atoms with Gasteiger partial charge in [0, 0.05) is 30.6 Å². The maximum atomic E-state index is 5.70. The molecule has 4 nitrogen and oxygen atoms in total. The van der Waals surface area contributed by atoms with Crippen LogP contribution in [0.15, 0.2) is 6.20 Å². The largest absolute Gasteiger partial charge is 0.371 e. The van der Waals surface area contributed by atoms with Gasteiger partial charge in [0.05, 0.1) is 0 Å². The van der Waals surface area contributed by atoms with Crippen molar-refractivity contribution in [3.05, 3.63) is 23.3 Å². The van der Waals surface area contributed by atoms with Gasteiger partial charge in [0.1, 0.15) is 6.10 Å². The van der Waals surface area contributed by atoms with Crippen molar-refractivity contribution in [2.45, 2.75) is 53.2 Å². The van der Waals surface area contributed by atoms with Gasteiger partial charge in [-0.1, -0.05) is 20.3 Å². The fourth-order valence-electron chi connectivity index (χ4n) is 1.85. The zero-order valence-electron chi connectivity index (χ0n) is 12.0. The molecule has 4 heteroatoms. The molecule has 0 radical (unpaired) electrons. The van der Waals surface area contributed by atoms with Crippen molar-refractivity contribution in [1.29, 1.82) is 0 Å². The molecule has 102 valence electrons. The molecule has 0 fully saturated rings. The van der Waals surface area contributed by atoms with Crippen molar-refractivity contribution in [2.75, 3.05) is 13.2 Å². The average Bonchev–Trinajstić information content (AvgIpc) is 2.37. The number of hydrogen-bond acceptors (Lipinski definition) is 4. The first-order valence-electron chi connectivity index (χ1n) is 6.87. The van der Waals surface area contributed by atoms with Gasteiger partial charge in [-0.15, -0.1) is 0 Å². The quantitative estimate of drug-likeness (QED) is 0.771. The van der Waals surface area contributed by atoms with E-state index in [2.05, 4.69) is 29.1 Å². The fraction of sp³-hybridized carbons (Fsp3) is 0.714. The van der Waals surface area contributed by atoms with E-state index >= 15 is 0 Å². The van der Waals surface area contributed by atoms with Gasteiger partial charge in [-0.25, -0.2) is 9.97 Å². The monoisotopic (exact) mass is 251 g/mol. The van der Waals surface area contributed by atoms with E-state index in [1.54, 1.807) is 0 Å². The molecule has 0 saturated heterocycles. The van der Waals surface area contributed by atoms with E-state index in [1.807, 2.05) is 20.0 Å². The molecule has 1 aromatic heterocycles. The highest BCUT2D eigenvalue weighted by Crippen LogP contribution is 2.20. The van der Waals surface area contributed by atoms with E-state index in [4.69, 9.17) is 4.74 Å². The Labute approximate surface area is 110 Å². The predicted octanol–water partition coefficient (Wildman–Crippen LogP) is 2.77. The van der Waals surface area contributed by atoms with Crippen LogP contribution in [0.2, 0.25) is 0 Å². The lowest BCUT2D eigenvalue weighted by Crippen LogP contribution is -2.15. The summed E-state index contributed by atoms with van der Waals surface area (Å²) in [6, 6.07) is 0. The van der Waals surface area contributed by atoms with Crippen LogP contribution in [0.1, 0.15) is 56.8 Å². The van der Waals surface area contributed by atoms with E-state index in [9.17, 15) is 0 Å². The van der Waals surface area contributed by atoms with Crippen LogP contribution in [-0.2, 0) is 11.3 Å². The van der Waals surface area contributed by atoms with E-state index in [-0.39, 0.29) is 6.10 Å². The number of aromatic nitrogens is 2. The van der Waals surface area contributed by atoms with E-state index in [0.29, 0.717) is 6.61 Å². The first kappa shape index (κ1) is 15.1. The van der Waals surface area contributed by atoms with Crippen LogP contribution in [0.5, 0.6) is 0 Å². The molecule has 1 rings (SSSR count). The predicted molar refractivity (Wildman–Crippen MR) is 73.4 cm³/mol. The third-order valence-electron chi connectivity index (χ3n) is 2.87. The second-order valence-corrected chi connectivity index (χ2v) is 4.35. The highest BCUT2D eigenvalue weighted by molar-refractivity contribution is 5.16. The number of nitrogens with one attached hydrogen (secondary N) is 1. The standard InChI is InChI=1S/C14H25N3O/c1-5-8-13(18-7-3)14-16-10-12(9-15-6-2)11(4)17-14/h10,13,15H,5-9H2,1-4H3. The maximum Gasteiger partial charge on any atom is 0.157 e. The lowest BCUT2D eigenvalue weighted by Gasteiger charge is -2.16. The molecule has 0 aliphatic heterocycles. The maximum absolute atomic E-state index is 5.70. The van der Waals surface area contributed by atoms with Crippen molar-refractivity contribution in [3.8, 4) is 0 Å².